The molecule has 0 bridgehead atoms. The lowest BCUT2D eigenvalue weighted by Gasteiger charge is -2.37. The van der Waals surface area contributed by atoms with Crippen molar-refractivity contribution in [3.05, 3.63) is 83.7 Å². The zero-order valence-corrected chi connectivity index (χ0v) is 16.0. The van der Waals surface area contributed by atoms with Crippen molar-refractivity contribution in [1.29, 1.82) is 0 Å². The number of carbonyl (C=O) groups excluding carboxylic acids is 1. The number of halogens is 1. The van der Waals surface area contributed by atoms with Gasteiger partial charge in [0.1, 0.15) is 0 Å². The second-order valence-corrected chi connectivity index (χ2v) is 7.27. The summed E-state index contributed by atoms with van der Waals surface area (Å²) in [7, 11) is 0. The minimum Gasteiger partial charge on any atom is -0.350 e. The van der Waals surface area contributed by atoms with Crippen molar-refractivity contribution < 1.29 is 9.18 Å². The molecule has 0 saturated heterocycles. The average Bonchev–Trinajstić information content (AvgIpc) is 3.26. The second kappa shape index (κ2) is 7.55. The van der Waals surface area contributed by atoms with Crippen LogP contribution in [0.4, 0.5) is 10.2 Å². The number of H-pyrrole nitrogens is 1. The van der Waals surface area contributed by atoms with Gasteiger partial charge in [0, 0.05) is 30.9 Å². The lowest BCUT2D eigenvalue weighted by Crippen LogP contribution is -2.48. The van der Waals surface area contributed by atoms with Crippen LogP contribution in [0.5, 0.6) is 0 Å². The summed E-state index contributed by atoms with van der Waals surface area (Å²) in [5, 5.41) is 10.7. The van der Waals surface area contributed by atoms with Gasteiger partial charge in [-0.1, -0.05) is 30.3 Å². The van der Waals surface area contributed by atoms with Crippen molar-refractivity contribution in [3.63, 3.8) is 0 Å². The van der Waals surface area contributed by atoms with Crippen LogP contribution in [-0.2, 0) is 13.0 Å². The number of hydrogen-bond acceptors (Lipinski definition) is 5. The van der Waals surface area contributed by atoms with E-state index in [1.54, 1.807) is 12.3 Å². The van der Waals surface area contributed by atoms with Crippen LogP contribution in [-0.4, -0.2) is 38.7 Å². The van der Waals surface area contributed by atoms with E-state index in [0.717, 1.165) is 16.5 Å². The van der Waals surface area contributed by atoms with Crippen LogP contribution < -0.4 is 10.2 Å². The highest BCUT2D eigenvalue weighted by Crippen LogP contribution is 2.28. The molecule has 5 rings (SSSR count). The number of anilines is 1. The van der Waals surface area contributed by atoms with E-state index in [1.807, 2.05) is 35.2 Å². The predicted octanol–water partition coefficient (Wildman–Crippen LogP) is 2.85. The molecular weight excluding hydrogens is 383 g/mol. The van der Waals surface area contributed by atoms with E-state index >= 15 is 0 Å². The zero-order chi connectivity index (χ0) is 20.5. The summed E-state index contributed by atoms with van der Waals surface area (Å²) in [5.74, 6) is -0.611. The van der Waals surface area contributed by atoms with Gasteiger partial charge in [0.15, 0.2) is 5.82 Å². The molecule has 0 spiro atoms. The van der Waals surface area contributed by atoms with Gasteiger partial charge in [-0.15, -0.1) is 0 Å². The van der Waals surface area contributed by atoms with Crippen molar-refractivity contribution in [1.82, 2.24) is 25.5 Å². The Morgan fingerprint density at radius 2 is 1.97 bits per heavy atom. The molecule has 4 aromatic rings. The van der Waals surface area contributed by atoms with E-state index in [0.29, 0.717) is 25.1 Å². The Bertz CT molecular complexity index is 1220. The van der Waals surface area contributed by atoms with Gasteiger partial charge in [-0.3, -0.25) is 9.89 Å². The van der Waals surface area contributed by atoms with Gasteiger partial charge in [-0.05, 0) is 29.7 Å². The third kappa shape index (κ3) is 3.26. The number of benzene rings is 2. The highest BCUT2D eigenvalue weighted by atomic mass is 19.1. The molecular formula is C22H19FN6O. The topological polar surface area (TPSA) is 86.8 Å². The summed E-state index contributed by atoms with van der Waals surface area (Å²) in [6.07, 6.45) is 5.12. The molecule has 1 amide bonds. The van der Waals surface area contributed by atoms with Crippen molar-refractivity contribution in [2.24, 2.45) is 0 Å². The maximum absolute atomic E-state index is 14.4. The van der Waals surface area contributed by atoms with E-state index in [4.69, 9.17) is 0 Å². The van der Waals surface area contributed by atoms with Crippen LogP contribution in [0.2, 0.25) is 0 Å². The van der Waals surface area contributed by atoms with Gasteiger partial charge in [-0.25, -0.2) is 9.97 Å². The summed E-state index contributed by atoms with van der Waals surface area (Å²) in [6.45, 7) is 0.848. The molecule has 0 saturated carbocycles. The normalized spacial score (nSPS) is 15.8. The first-order chi connectivity index (χ1) is 14.7. The lowest BCUT2D eigenvalue weighted by atomic mass is 9.94. The summed E-state index contributed by atoms with van der Waals surface area (Å²) in [4.78, 5) is 22.7. The Balaban J connectivity index is 1.42. The molecule has 30 heavy (non-hydrogen) atoms. The van der Waals surface area contributed by atoms with E-state index in [2.05, 4.69) is 31.5 Å². The third-order valence-corrected chi connectivity index (χ3v) is 5.49. The van der Waals surface area contributed by atoms with E-state index < -0.39 is 5.95 Å². The number of fused-ring (bicyclic) bond motifs is 2. The predicted molar refractivity (Wildman–Crippen MR) is 111 cm³/mol. The first-order valence-electron chi connectivity index (χ1n) is 9.71. The van der Waals surface area contributed by atoms with Gasteiger partial charge in [0.2, 0.25) is 0 Å². The minimum absolute atomic E-state index is 0.154. The fraction of sp³-hybridized carbons (Fsp3) is 0.182. The smallest absolute Gasteiger partial charge is 0.255 e. The molecule has 0 fully saturated rings. The largest absolute Gasteiger partial charge is 0.350 e. The molecule has 3 heterocycles. The molecule has 1 atom stereocenters. The van der Waals surface area contributed by atoms with E-state index in [-0.39, 0.29) is 17.8 Å². The van der Waals surface area contributed by atoms with Crippen LogP contribution >= 0.6 is 0 Å². The van der Waals surface area contributed by atoms with E-state index in [1.165, 1.54) is 18.0 Å². The maximum Gasteiger partial charge on any atom is 0.255 e. The van der Waals surface area contributed by atoms with Gasteiger partial charge in [0.05, 0.1) is 23.3 Å². The van der Waals surface area contributed by atoms with Gasteiger partial charge in [0.25, 0.3) is 11.9 Å². The molecule has 0 aliphatic carbocycles. The molecule has 2 aromatic carbocycles. The lowest BCUT2D eigenvalue weighted by molar-refractivity contribution is 0.0952. The Morgan fingerprint density at radius 1 is 1.13 bits per heavy atom. The molecule has 1 aliphatic heterocycles. The summed E-state index contributed by atoms with van der Waals surface area (Å²) >= 11 is 0. The first-order valence-corrected chi connectivity index (χ1v) is 9.71. The molecule has 8 heteroatoms. The maximum atomic E-state index is 14.4. The fourth-order valence-electron chi connectivity index (χ4n) is 4.00. The van der Waals surface area contributed by atoms with Crippen LogP contribution in [0, 0.1) is 5.95 Å². The average molecular weight is 402 g/mol. The molecule has 0 unspecified atom stereocenters. The van der Waals surface area contributed by atoms with Crippen LogP contribution in [0.1, 0.15) is 21.5 Å². The number of hydrogen-bond donors (Lipinski definition) is 2. The summed E-state index contributed by atoms with van der Waals surface area (Å²) < 4.78 is 14.4. The van der Waals surface area contributed by atoms with Crippen LogP contribution in [0.15, 0.2) is 61.1 Å². The van der Waals surface area contributed by atoms with E-state index in [9.17, 15) is 9.18 Å². The zero-order valence-electron chi connectivity index (χ0n) is 16.0. The molecule has 1 aliphatic rings. The van der Waals surface area contributed by atoms with Crippen molar-refractivity contribution in [2.75, 3.05) is 11.4 Å². The number of nitrogens with zero attached hydrogens (tertiary/aromatic N) is 4. The van der Waals surface area contributed by atoms with Crippen molar-refractivity contribution in [2.45, 2.75) is 19.0 Å². The summed E-state index contributed by atoms with van der Waals surface area (Å²) in [5.41, 5.74) is 3.66. The number of rotatable bonds is 4. The van der Waals surface area contributed by atoms with Gasteiger partial charge >= 0.3 is 0 Å². The molecule has 7 nitrogen and oxygen atoms in total. The Labute approximate surface area is 172 Å². The van der Waals surface area contributed by atoms with Gasteiger partial charge < -0.3 is 10.2 Å². The molecule has 150 valence electrons. The summed E-state index contributed by atoms with van der Waals surface area (Å²) in [6, 6.07) is 13.4. The number of aromatic amines is 1. The number of carbonyl (C=O) groups is 1. The number of nitrogens with one attached hydrogen (secondary N) is 2. The number of aromatic nitrogens is 4. The van der Waals surface area contributed by atoms with Gasteiger partial charge in [-0.2, -0.15) is 9.49 Å². The Hall–Kier alpha value is -3.81. The fourth-order valence-corrected chi connectivity index (χ4v) is 4.00. The Morgan fingerprint density at radius 3 is 2.83 bits per heavy atom. The first kappa shape index (κ1) is 18.2. The Kier molecular flexibility index (Phi) is 4.59. The quantitative estimate of drug-likeness (QED) is 0.548. The van der Waals surface area contributed by atoms with Crippen LogP contribution in [0.3, 0.4) is 0 Å². The third-order valence-electron chi connectivity index (χ3n) is 5.49. The second-order valence-electron chi connectivity index (χ2n) is 7.27. The highest BCUT2D eigenvalue weighted by Gasteiger charge is 2.29. The van der Waals surface area contributed by atoms with Crippen molar-refractivity contribution >= 4 is 22.6 Å². The van der Waals surface area contributed by atoms with Crippen LogP contribution in [0.25, 0.3) is 10.9 Å². The minimum atomic E-state index is -0.614. The SMILES string of the molecule is O=C(NC[C@@H]1Cc2ccccc2CN1c1nccnc1F)c1cccc2[nH]ncc12. The van der Waals surface area contributed by atoms with Crippen molar-refractivity contribution in [3.8, 4) is 0 Å². The molecule has 2 aromatic heterocycles. The molecule has 0 radical (unpaired) electrons. The number of amides is 1. The standard InChI is InChI=1S/C22H19FN6O/c23-20-21(25-9-8-24-20)29-13-15-5-2-1-4-14(15)10-16(29)11-26-22(30)17-6-3-7-19-18(17)12-27-28-19/h1-9,12,16H,10-11,13H2,(H,26,30)(H,27,28)/t16-/m0/s1. The monoisotopic (exact) mass is 402 g/mol. The highest BCUT2D eigenvalue weighted by molar-refractivity contribution is 6.06. The molecule has 2 N–H and O–H groups in total.